The number of nitrogens with one attached hydrogen (secondary N) is 1. The van der Waals surface area contributed by atoms with E-state index < -0.39 is 6.17 Å². The number of hydrogen-bond donors (Lipinski definition) is 1. The molecule has 2 aliphatic heterocycles. The molecule has 0 bridgehead atoms. The third kappa shape index (κ3) is 3.84. The van der Waals surface area contributed by atoms with Gasteiger partial charge < -0.3 is 4.74 Å². The second-order valence-electron chi connectivity index (χ2n) is 6.91. The highest BCUT2D eigenvalue weighted by Crippen LogP contribution is 2.33. The lowest BCUT2D eigenvalue weighted by atomic mass is 10.1. The van der Waals surface area contributed by atoms with Crippen molar-refractivity contribution in [3.05, 3.63) is 93.4 Å². The minimum Gasteiger partial charge on any atom is -0.457 e. The Morgan fingerprint density at radius 3 is 2.65 bits per heavy atom. The number of hydrazone groups is 1. The van der Waals surface area contributed by atoms with Gasteiger partial charge in [-0.3, -0.25) is 15.1 Å². The lowest BCUT2D eigenvalue weighted by Gasteiger charge is -2.34. The lowest BCUT2D eigenvalue weighted by Crippen LogP contribution is -2.50. The number of benzene rings is 3. The number of nitrogens with zero attached hydrogens (tertiary/aromatic N) is 3. The van der Waals surface area contributed by atoms with Crippen LogP contribution in [0.25, 0.3) is 5.70 Å². The van der Waals surface area contributed by atoms with Crippen LogP contribution in [0.3, 0.4) is 0 Å². The molecule has 2 aliphatic rings. The zero-order valence-electron chi connectivity index (χ0n) is 16.4. The Kier molecular flexibility index (Phi) is 5.25. The van der Waals surface area contributed by atoms with E-state index in [9.17, 15) is 4.79 Å². The molecule has 0 radical (unpaired) electrons. The van der Waals surface area contributed by atoms with Gasteiger partial charge in [-0.2, -0.15) is 0 Å². The SMILES string of the molecule is CSC1=NN2C(=c3cc(Br)ccc3=N[C@H]2c2cccc(Oc3ccccc3)c2)C(=O)N1. The summed E-state index contributed by atoms with van der Waals surface area (Å²) in [5.41, 5.74) is 1.35. The molecule has 5 rings (SSSR count). The molecule has 3 aromatic rings. The molecule has 0 unspecified atom stereocenters. The number of para-hydroxylation sites is 1. The first-order chi connectivity index (χ1) is 15.1. The van der Waals surface area contributed by atoms with Gasteiger partial charge in [0.1, 0.15) is 17.2 Å². The van der Waals surface area contributed by atoms with Gasteiger partial charge in [-0.25, -0.2) is 5.01 Å². The number of halogens is 1. The molecule has 0 spiro atoms. The summed E-state index contributed by atoms with van der Waals surface area (Å²) in [7, 11) is 0. The van der Waals surface area contributed by atoms with Gasteiger partial charge in [0.2, 0.25) is 0 Å². The number of carbonyl (C=O) groups excluding carboxylic acids is 1. The van der Waals surface area contributed by atoms with Crippen LogP contribution < -0.4 is 20.6 Å². The maximum Gasteiger partial charge on any atom is 0.276 e. The van der Waals surface area contributed by atoms with Gasteiger partial charge in [0.15, 0.2) is 11.3 Å². The molecule has 6 nitrogen and oxygen atoms in total. The summed E-state index contributed by atoms with van der Waals surface area (Å²) in [5.74, 6) is 1.25. The van der Waals surface area contributed by atoms with E-state index in [1.807, 2.05) is 79.1 Å². The third-order valence-electron chi connectivity index (χ3n) is 4.90. The predicted molar refractivity (Wildman–Crippen MR) is 125 cm³/mol. The Balaban J connectivity index is 1.63. The Labute approximate surface area is 191 Å². The first-order valence-electron chi connectivity index (χ1n) is 9.56. The highest BCUT2D eigenvalue weighted by molar-refractivity contribution is 9.10. The molecule has 0 saturated carbocycles. The van der Waals surface area contributed by atoms with Crippen LogP contribution in [0.5, 0.6) is 11.5 Å². The summed E-state index contributed by atoms with van der Waals surface area (Å²) in [5, 5.41) is 11.2. The Bertz CT molecular complexity index is 1330. The molecule has 1 N–H and O–H groups in total. The average molecular weight is 493 g/mol. The molecule has 2 heterocycles. The molecule has 0 aromatic heterocycles. The minimum absolute atomic E-state index is 0.199. The van der Waals surface area contributed by atoms with Crippen molar-refractivity contribution >= 4 is 44.5 Å². The zero-order chi connectivity index (χ0) is 21.4. The summed E-state index contributed by atoms with van der Waals surface area (Å²) < 4.78 is 6.88. The van der Waals surface area contributed by atoms with Crippen molar-refractivity contribution in [1.82, 2.24) is 10.3 Å². The Morgan fingerprint density at radius 1 is 1.03 bits per heavy atom. The highest BCUT2D eigenvalue weighted by atomic mass is 79.9. The smallest absolute Gasteiger partial charge is 0.276 e. The molecule has 8 heteroatoms. The monoisotopic (exact) mass is 492 g/mol. The van der Waals surface area contributed by atoms with E-state index in [-0.39, 0.29) is 5.91 Å². The van der Waals surface area contributed by atoms with E-state index in [4.69, 9.17) is 9.73 Å². The largest absolute Gasteiger partial charge is 0.457 e. The van der Waals surface area contributed by atoms with Gasteiger partial charge in [0, 0.05) is 15.3 Å². The van der Waals surface area contributed by atoms with E-state index in [2.05, 4.69) is 26.3 Å². The molecule has 1 atom stereocenters. The van der Waals surface area contributed by atoms with Crippen LogP contribution in [0.15, 0.2) is 87.4 Å². The molecule has 1 amide bonds. The maximum absolute atomic E-state index is 13.0. The number of rotatable bonds is 3. The number of ether oxygens (including phenoxy) is 1. The number of thioether (sulfide) groups is 1. The molecular formula is C23H17BrN4O2S. The van der Waals surface area contributed by atoms with Gasteiger partial charge >= 0.3 is 0 Å². The normalized spacial score (nSPS) is 17.2. The number of hydrogen-bond acceptors (Lipinski definition) is 6. The van der Waals surface area contributed by atoms with Crippen molar-refractivity contribution in [2.24, 2.45) is 10.1 Å². The van der Waals surface area contributed by atoms with Crippen molar-refractivity contribution in [1.29, 1.82) is 0 Å². The molecule has 0 fully saturated rings. The fourth-order valence-electron chi connectivity index (χ4n) is 3.52. The van der Waals surface area contributed by atoms with Crippen LogP contribution in [-0.4, -0.2) is 22.3 Å². The van der Waals surface area contributed by atoms with Crippen molar-refractivity contribution < 1.29 is 9.53 Å². The Hall–Kier alpha value is -3.10. The topological polar surface area (TPSA) is 66.3 Å². The van der Waals surface area contributed by atoms with Crippen molar-refractivity contribution in [2.75, 3.05) is 6.26 Å². The quantitative estimate of drug-likeness (QED) is 0.604. The molecule has 154 valence electrons. The van der Waals surface area contributed by atoms with E-state index in [1.54, 1.807) is 5.01 Å². The van der Waals surface area contributed by atoms with E-state index in [1.165, 1.54) is 11.8 Å². The number of carbonyl (C=O) groups is 1. The average Bonchev–Trinajstić information content (AvgIpc) is 2.79. The van der Waals surface area contributed by atoms with Gasteiger partial charge in [0.05, 0.1) is 5.36 Å². The number of amides is 1. The molecule has 0 aliphatic carbocycles. The van der Waals surface area contributed by atoms with E-state index in [0.717, 1.165) is 26.4 Å². The predicted octanol–water partition coefficient (Wildman–Crippen LogP) is 3.75. The van der Waals surface area contributed by atoms with Crippen LogP contribution >= 0.6 is 27.7 Å². The summed E-state index contributed by atoms with van der Waals surface area (Å²) in [6.07, 6.45) is 1.38. The van der Waals surface area contributed by atoms with Crippen LogP contribution in [0, 0.1) is 0 Å². The summed E-state index contributed by atoms with van der Waals surface area (Å²) in [6, 6.07) is 23.0. The second-order valence-corrected chi connectivity index (χ2v) is 8.62. The van der Waals surface area contributed by atoms with Crippen LogP contribution in [0.2, 0.25) is 0 Å². The van der Waals surface area contributed by atoms with Crippen molar-refractivity contribution in [2.45, 2.75) is 6.17 Å². The fourth-order valence-corrected chi connectivity index (χ4v) is 4.25. The fraction of sp³-hybridized carbons (Fsp3) is 0.0870. The van der Waals surface area contributed by atoms with Crippen LogP contribution in [-0.2, 0) is 4.79 Å². The maximum atomic E-state index is 13.0. The van der Waals surface area contributed by atoms with Gasteiger partial charge in [0.25, 0.3) is 5.91 Å². The first kappa shape index (κ1) is 19.8. The summed E-state index contributed by atoms with van der Waals surface area (Å²) >= 11 is 4.87. The molecule has 31 heavy (non-hydrogen) atoms. The van der Waals surface area contributed by atoms with Gasteiger partial charge in [-0.15, -0.1) is 5.10 Å². The third-order valence-corrected chi connectivity index (χ3v) is 5.96. The van der Waals surface area contributed by atoms with E-state index in [0.29, 0.717) is 16.6 Å². The molecular weight excluding hydrogens is 476 g/mol. The second kappa shape index (κ2) is 8.20. The standard InChI is InChI=1S/C23H17BrN4O2S/c1-31-23-26-22(29)20-18-13-15(24)10-11-19(18)25-21(28(20)27-23)14-6-5-9-17(12-14)30-16-7-3-2-4-8-16/h2-13,21H,1H3,(H,26,27,29)/t21-/m1/s1. The van der Waals surface area contributed by atoms with Gasteiger partial charge in [-0.1, -0.05) is 58.0 Å². The van der Waals surface area contributed by atoms with Crippen LogP contribution in [0.1, 0.15) is 11.7 Å². The highest BCUT2D eigenvalue weighted by Gasteiger charge is 2.34. The number of fused-ring (bicyclic) bond motifs is 2. The van der Waals surface area contributed by atoms with Crippen molar-refractivity contribution in [3.8, 4) is 11.5 Å². The minimum atomic E-state index is -0.490. The molecule has 0 saturated heterocycles. The first-order valence-corrected chi connectivity index (χ1v) is 11.6. The Morgan fingerprint density at radius 2 is 1.84 bits per heavy atom. The number of amidine groups is 1. The van der Waals surface area contributed by atoms with Crippen molar-refractivity contribution in [3.63, 3.8) is 0 Å². The summed E-state index contributed by atoms with van der Waals surface area (Å²) in [4.78, 5) is 17.9. The van der Waals surface area contributed by atoms with Gasteiger partial charge in [-0.05, 0) is 48.7 Å². The summed E-state index contributed by atoms with van der Waals surface area (Å²) in [6.45, 7) is 0. The van der Waals surface area contributed by atoms with Crippen LogP contribution in [0.4, 0.5) is 0 Å². The zero-order valence-corrected chi connectivity index (χ0v) is 18.9. The molecule has 3 aromatic carbocycles. The lowest BCUT2D eigenvalue weighted by molar-refractivity contribution is -0.116. The van der Waals surface area contributed by atoms with E-state index >= 15 is 0 Å².